The smallest absolute Gasteiger partial charge is 0.256 e. The highest BCUT2D eigenvalue weighted by molar-refractivity contribution is 6.30. The molecule has 2 amide bonds. The highest BCUT2D eigenvalue weighted by atomic mass is 35.5. The second kappa shape index (κ2) is 19.6. The normalized spacial score (nSPS) is 15.7. The number of ether oxygens (including phenoxy) is 3. The van der Waals surface area contributed by atoms with Crippen molar-refractivity contribution >= 4 is 47.6 Å². The van der Waals surface area contributed by atoms with Crippen LogP contribution in [0.3, 0.4) is 0 Å². The van der Waals surface area contributed by atoms with Crippen molar-refractivity contribution in [3.05, 3.63) is 130 Å². The van der Waals surface area contributed by atoms with Crippen LogP contribution < -0.4 is 25.0 Å². The van der Waals surface area contributed by atoms with Crippen LogP contribution in [0.4, 0.5) is 10.1 Å². The topological polar surface area (TPSA) is 89.1 Å². The molecule has 11 heteroatoms. The summed E-state index contributed by atoms with van der Waals surface area (Å²) in [5.74, 6) is -0.253. The third-order valence-corrected chi connectivity index (χ3v) is 8.70. The molecule has 0 spiro atoms. The molecule has 0 unspecified atom stereocenters. The van der Waals surface area contributed by atoms with Gasteiger partial charge in [0.25, 0.3) is 5.91 Å². The van der Waals surface area contributed by atoms with Crippen LogP contribution in [0.1, 0.15) is 62.0 Å². The number of nitrogens with one attached hydrogen (secondary N) is 2. The van der Waals surface area contributed by atoms with Crippen molar-refractivity contribution in [2.45, 2.75) is 52.4 Å². The molecule has 1 heterocycles. The molecule has 1 aliphatic rings. The summed E-state index contributed by atoms with van der Waals surface area (Å²) in [6, 6.07) is 27.3. The van der Waals surface area contributed by atoms with Gasteiger partial charge in [-0.1, -0.05) is 105 Å². The molecule has 2 N–H and O–H groups in total. The zero-order chi connectivity index (χ0) is 37.1. The van der Waals surface area contributed by atoms with Crippen LogP contribution in [-0.4, -0.2) is 51.3 Å². The first kappa shape index (κ1) is 41.3. The molecule has 0 saturated carbocycles. The monoisotopic (exact) mass is 763 g/mol. The number of halogens is 3. The minimum Gasteiger partial charge on any atom is -0.492 e. The van der Waals surface area contributed by atoms with Crippen molar-refractivity contribution in [2.24, 2.45) is 5.41 Å². The third-order valence-electron chi connectivity index (χ3n) is 8.47. The molecular weight excluding hydrogens is 716 g/mol. The first-order chi connectivity index (χ1) is 25.0. The number of hydrogen-bond donors (Lipinski definition) is 2. The molecule has 0 radical (unpaired) electrons. The van der Waals surface area contributed by atoms with E-state index in [1.54, 1.807) is 42.3 Å². The number of anilines is 1. The van der Waals surface area contributed by atoms with E-state index in [1.807, 2.05) is 63.2 Å². The maximum absolute atomic E-state index is 14.3. The molecule has 0 aliphatic carbocycles. The van der Waals surface area contributed by atoms with E-state index in [0.717, 1.165) is 25.1 Å². The summed E-state index contributed by atoms with van der Waals surface area (Å²) >= 11 is 6.58. The van der Waals surface area contributed by atoms with Crippen LogP contribution in [0, 0.1) is 11.2 Å². The zero-order valence-electron chi connectivity index (χ0n) is 30.6. The summed E-state index contributed by atoms with van der Waals surface area (Å²) < 4.78 is 33.1. The summed E-state index contributed by atoms with van der Waals surface area (Å²) in [6.45, 7) is 8.38. The Hall–Kier alpha value is -4.41. The fraction of sp³-hybridized carbons (Fsp3) is 0.333. The van der Waals surface area contributed by atoms with Crippen molar-refractivity contribution in [3.63, 3.8) is 0 Å². The van der Waals surface area contributed by atoms with Gasteiger partial charge in [-0.3, -0.25) is 9.59 Å². The Morgan fingerprint density at radius 3 is 2.49 bits per heavy atom. The highest BCUT2D eigenvalue weighted by Crippen LogP contribution is 2.45. The quantitative estimate of drug-likeness (QED) is 0.118. The van der Waals surface area contributed by atoms with Crippen molar-refractivity contribution in [2.75, 3.05) is 38.3 Å². The van der Waals surface area contributed by atoms with E-state index in [-0.39, 0.29) is 36.7 Å². The number of amides is 2. The lowest BCUT2D eigenvalue weighted by Gasteiger charge is -2.31. The van der Waals surface area contributed by atoms with E-state index in [0.29, 0.717) is 52.1 Å². The van der Waals surface area contributed by atoms with Crippen LogP contribution in [0.2, 0.25) is 5.02 Å². The van der Waals surface area contributed by atoms with Gasteiger partial charge in [-0.2, -0.15) is 0 Å². The summed E-state index contributed by atoms with van der Waals surface area (Å²) in [5, 5.41) is 6.63. The molecule has 0 bridgehead atoms. The predicted octanol–water partition coefficient (Wildman–Crippen LogP) is 8.56. The van der Waals surface area contributed by atoms with Crippen molar-refractivity contribution in [1.29, 1.82) is 0 Å². The summed E-state index contributed by atoms with van der Waals surface area (Å²) in [5.41, 5.74) is 3.11. The van der Waals surface area contributed by atoms with Crippen molar-refractivity contribution < 1.29 is 28.2 Å². The largest absolute Gasteiger partial charge is 0.492 e. The van der Waals surface area contributed by atoms with Gasteiger partial charge < -0.3 is 29.7 Å². The molecule has 0 saturated heterocycles. The molecule has 5 rings (SSSR count). The minimum absolute atomic E-state index is 0. The van der Waals surface area contributed by atoms with Crippen LogP contribution in [0.15, 0.2) is 97.1 Å². The number of hydrogen-bond acceptors (Lipinski definition) is 6. The van der Waals surface area contributed by atoms with Gasteiger partial charge in [0.1, 0.15) is 18.0 Å². The summed E-state index contributed by atoms with van der Waals surface area (Å²) in [6.07, 6.45) is 2.63. The first-order valence-corrected chi connectivity index (χ1v) is 17.9. The lowest BCUT2D eigenvalue weighted by molar-refractivity contribution is -0.138. The van der Waals surface area contributed by atoms with Crippen LogP contribution >= 0.6 is 24.0 Å². The molecule has 2 atom stereocenters. The number of rotatable bonds is 15. The number of benzene rings is 4. The minimum atomic E-state index is -1.17. The van der Waals surface area contributed by atoms with E-state index in [1.165, 1.54) is 6.07 Å². The molecule has 53 heavy (non-hydrogen) atoms. The maximum Gasteiger partial charge on any atom is 0.256 e. The fourth-order valence-electron chi connectivity index (χ4n) is 6.05. The Kier molecular flexibility index (Phi) is 15.3. The molecule has 8 nitrogen and oxygen atoms in total. The average Bonchev–Trinajstić information content (AvgIpc) is 3.22. The first-order valence-electron chi connectivity index (χ1n) is 17.5. The van der Waals surface area contributed by atoms with E-state index < -0.39 is 23.9 Å². The number of carbonyl (C=O) groups excluding carboxylic acids is 2. The van der Waals surface area contributed by atoms with Crippen molar-refractivity contribution in [1.82, 2.24) is 10.6 Å². The summed E-state index contributed by atoms with van der Waals surface area (Å²) in [7, 11) is 1.56. The SMILES string of the molecule is COc1c(OCCCNCC=Cc2ccccc2)cccc1[C@H]1O[C@H](CC(=O)NCc2ccccc2F)C(=O)N(CC(C)(C)C)c2ccc(Cl)cc21.Cl. The van der Waals surface area contributed by atoms with Crippen LogP contribution in [0.25, 0.3) is 6.08 Å². The van der Waals surface area contributed by atoms with Gasteiger partial charge in [0.15, 0.2) is 11.5 Å². The number of fused-ring (bicyclic) bond motifs is 1. The molecule has 0 aromatic heterocycles. The fourth-order valence-corrected chi connectivity index (χ4v) is 6.24. The molecule has 4 aromatic rings. The number of nitrogens with zero attached hydrogens (tertiary/aromatic N) is 1. The van der Waals surface area contributed by atoms with Gasteiger partial charge in [-0.25, -0.2) is 4.39 Å². The Morgan fingerprint density at radius 1 is 1.00 bits per heavy atom. The Balaban J connectivity index is 0.00000627. The van der Waals surface area contributed by atoms with Gasteiger partial charge >= 0.3 is 0 Å². The Labute approximate surface area is 323 Å². The zero-order valence-corrected chi connectivity index (χ0v) is 32.1. The van der Waals surface area contributed by atoms with Gasteiger partial charge in [0, 0.05) is 47.0 Å². The third kappa shape index (κ3) is 11.5. The van der Waals surface area contributed by atoms with Crippen molar-refractivity contribution in [3.8, 4) is 11.5 Å². The van der Waals surface area contributed by atoms with Crippen LogP contribution in [0.5, 0.6) is 11.5 Å². The lowest BCUT2D eigenvalue weighted by Crippen LogP contribution is -2.45. The second-order valence-corrected chi connectivity index (χ2v) is 14.3. The van der Waals surface area contributed by atoms with Gasteiger partial charge in [-0.15, -0.1) is 12.4 Å². The van der Waals surface area contributed by atoms with E-state index >= 15 is 0 Å². The number of carbonyl (C=O) groups is 2. The molecule has 282 valence electrons. The maximum atomic E-state index is 14.3. The molecule has 1 aliphatic heterocycles. The van der Waals surface area contributed by atoms with Crippen LogP contribution in [-0.2, 0) is 20.9 Å². The van der Waals surface area contributed by atoms with E-state index in [4.69, 9.17) is 25.8 Å². The van der Waals surface area contributed by atoms with E-state index in [2.05, 4.69) is 34.9 Å². The lowest BCUT2D eigenvalue weighted by atomic mass is 9.94. The van der Waals surface area contributed by atoms with Gasteiger partial charge in [0.05, 0.1) is 20.1 Å². The molecule has 4 aromatic carbocycles. The Morgan fingerprint density at radius 2 is 1.75 bits per heavy atom. The second-order valence-electron chi connectivity index (χ2n) is 13.9. The number of methoxy groups -OCH3 is 1. The molecular formula is C42H48Cl2FN3O5. The van der Waals surface area contributed by atoms with Gasteiger partial charge in [0.2, 0.25) is 5.91 Å². The summed E-state index contributed by atoms with van der Waals surface area (Å²) in [4.78, 5) is 29.3. The van der Waals surface area contributed by atoms with Gasteiger partial charge in [-0.05, 0) is 54.3 Å². The number of para-hydroxylation sites is 1. The predicted molar refractivity (Wildman–Crippen MR) is 212 cm³/mol. The Bertz CT molecular complexity index is 1850. The standard InChI is InChI=1S/C42H47ClFN3O5.ClH/c1-42(2,3)28-47-35-21-20-31(43)25-33(35)39(52-37(41(47)49)26-38(48)46-27-30-16-8-9-18-34(30)44)32-17-10-19-36(40(32)50-4)51-24-12-23-45-22-11-15-29-13-6-5-7-14-29;/h5-11,13-21,25,37,39,45H,12,22-24,26-28H2,1-4H3,(H,46,48);1H/t37-,39-;/m1./s1. The molecule has 0 fully saturated rings. The van der Waals surface area contributed by atoms with E-state index in [9.17, 15) is 14.0 Å². The highest BCUT2D eigenvalue weighted by Gasteiger charge is 2.40. The average molecular weight is 765 g/mol.